The standard InChI is InChI=1S/C20H20N2O4S/c1-14(2)22-27(24,25)18-10-7-16(8-11-18)21-20(23)12-9-17-13-15-5-3-4-6-19(15)26-17/h3-14,22H,1-2H3,(H,21,23)/b12-9+. The number of anilines is 1. The van der Waals surface area contributed by atoms with Gasteiger partial charge in [-0.2, -0.15) is 0 Å². The van der Waals surface area contributed by atoms with Gasteiger partial charge in [-0.25, -0.2) is 13.1 Å². The molecule has 0 saturated heterocycles. The number of furan rings is 1. The van der Waals surface area contributed by atoms with Crippen molar-refractivity contribution in [1.82, 2.24) is 4.72 Å². The molecule has 0 bridgehead atoms. The van der Waals surface area contributed by atoms with E-state index < -0.39 is 10.0 Å². The van der Waals surface area contributed by atoms with E-state index in [-0.39, 0.29) is 16.8 Å². The molecule has 1 aromatic heterocycles. The monoisotopic (exact) mass is 384 g/mol. The van der Waals surface area contributed by atoms with Crippen LogP contribution in [0.15, 0.2) is 70.0 Å². The summed E-state index contributed by atoms with van der Waals surface area (Å²) in [6, 6.07) is 15.2. The van der Waals surface area contributed by atoms with E-state index in [1.54, 1.807) is 32.1 Å². The van der Waals surface area contributed by atoms with Crippen molar-refractivity contribution in [3.63, 3.8) is 0 Å². The molecule has 0 aliphatic carbocycles. The van der Waals surface area contributed by atoms with Gasteiger partial charge in [0, 0.05) is 23.2 Å². The molecule has 0 radical (unpaired) electrons. The third-order valence-corrected chi connectivity index (χ3v) is 5.34. The summed E-state index contributed by atoms with van der Waals surface area (Å²) < 4.78 is 32.3. The van der Waals surface area contributed by atoms with Crippen LogP contribution >= 0.6 is 0 Å². The zero-order valence-corrected chi connectivity index (χ0v) is 15.8. The van der Waals surface area contributed by atoms with Gasteiger partial charge in [0.05, 0.1) is 4.90 Å². The van der Waals surface area contributed by atoms with Gasteiger partial charge in [-0.05, 0) is 56.3 Å². The second kappa shape index (κ2) is 7.77. The second-order valence-electron chi connectivity index (χ2n) is 6.31. The van der Waals surface area contributed by atoms with Crippen LogP contribution in [-0.4, -0.2) is 20.4 Å². The van der Waals surface area contributed by atoms with Crippen molar-refractivity contribution in [2.24, 2.45) is 0 Å². The van der Waals surface area contributed by atoms with E-state index in [0.717, 1.165) is 11.0 Å². The Balaban J connectivity index is 1.65. The highest BCUT2D eigenvalue weighted by Gasteiger charge is 2.15. The predicted molar refractivity (Wildman–Crippen MR) is 106 cm³/mol. The topological polar surface area (TPSA) is 88.4 Å². The van der Waals surface area contributed by atoms with Gasteiger partial charge in [0.25, 0.3) is 0 Å². The van der Waals surface area contributed by atoms with Crippen molar-refractivity contribution >= 4 is 38.7 Å². The smallest absolute Gasteiger partial charge is 0.248 e. The molecule has 2 N–H and O–H groups in total. The first kappa shape index (κ1) is 18.9. The molecule has 2 aromatic carbocycles. The van der Waals surface area contributed by atoms with Crippen LogP contribution in [0.3, 0.4) is 0 Å². The number of amides is 1. The van der Waals surface area contributed by atoms with E-state index in [0.29, 0.717) is 11.4 Å². The van der Waals surface area contributed by atoms with Gasteiger partial charge in [0.15, 0.2) is 0 Å². The molecular weight excluding hydrogens is 364 g/mol. The predicted octanol–water partition coefficient (Wildman–Crippen LogP) is 3.77. The molecule has 7 heteroatoms. The summed E-state index contributed by atoms with van der Waals surface area (Å²) >= 11 is 0. The molecule has 0 atom stereocenters. The minimum atomic E-state index is -3.55. The van der Waals surface area contributed by atoms with Gasteiger partial charge in [-0.3, -0.25) is 4.79 Å². The van der Waals surface area contributed by atoms with E-state index in [2.05, 4.69) is 10.0 Å². The van der Waals surface area contributed by atoms with Crippen LogP contribution in [0.1, 0.15) is 19.6 Å². The lowest BCUT2D eigenvalue weighted by atomic mass is 10.2. The molecule has 0 unspecified atom stereocenters. The van der Waals surface area contributed by atoms with Gasteiger partial charge in [-0.1, -0.05) is 18.2 Å². The zero-order chi connectivity index (χ0) is 19.4. The van der Waals surface area contributed by atoms with E-state index in [1.807, 2.05) is 30.3 Å². The van der Waals surface area contributed by atoms with Crippen molar-refractivity contribution in [1.29, 1.82) is 0 Å². The second-order valence-corrected chi connectivity index (χ2v) is 8.02. The molecule has 140 valence electrons. The summed E-state index contributed by atoms with van der Waals surface area (Å²) in [6.07, 6.45) is 2.95. The van der Waals surface area contributed by atoms with Gasteiger partial charge in [0.2, 0.25) is 15.9 Å². The SMILES string of the molecule is CC(C)NS(=O)(=O)c1ccc(NC(=O)/C=C/c2cc3ccccc3o2)cc1. The maximum atomic E-state index is 12.1. The largest absolute Gasteiger partial charge is 0.457 e. The number of sulfonamides is 1. The van der Waals surface area contributed by atoms with Gasteiger partial charge in [0.1, 0.15) is 11.3 Å². The highest BCUT2D eigenvalue weighted by atomic mass is 32.2. The number of rotatable bonds is 6. The maximum absolute atomic E-state index is 12.1. The van der Waals surface area contributed by atoms with Crippen LogP contribution in [0.4, 0.5) is 5.69 Å². The Morgan fingerprint density at radius 3 is 2.44 bits per heavy atom. The summed E-state index contributed by atoms with van der Waals surface area (Å²) in [4.78, 5) is 12.2. The number of nitrogens with one attached hydrogen (secondary N) is 2. The Morgan fingerprint density at radius 1 is 1.07 bits per heavy atom. The van der Waals surface area contributed by atoms with E-state index in [4.69, 9.17) is 4.42 Å². The average molecular weight is 384 g/mol. The quantitative estimate of drug-likeness (QED) is 0.633. The van der Waals surface area contributed by atoms with Crippen LogP contribution in [0.25, 0.3) is 17.0 Å². The molecule has 1 amide bonds. The third kappa shape index (κ3) is 4.84. The molecule has 0 saturated carbocycles. The summed E-state index contributed by atoms with van der Waals surface area (Å²) in [6.45, 7) is 3.50. The number of carbonyl (C=O) groups is 1. The normalized spacial score (nSPS) is 12.1. The van der Waals surface area contributed by atoms with Crippen LogP contribution in [-0.2, 0) is 14.8 Å². The summed E-state index contributed by atoms with van der Waals surface area (Å²) in [5, 5.41) is 3.65. The molecule has 27 heavy (non-hydrogen) atoms. The molecule has 6 nitrogen and oxygen atoms in total. The Kier molecular flexibility index (Phi) is 5.43. The summed E-state index contributed by atoms with van der Waals surface area (Å²) in [5.74, 6) is 0.235. The Labute approximate surface area is 157 Å². The number of carbonyl (C=O) groups excluding carboxylic acids is 1. The van der Waals surface area contributed by atoms with Gasteiger partial charge >= 0.3 is 0 Å². The Hall–Kier alpha value is -2.90. The lowest BCUT2D eigenvalue weighted by molar-refractivity contribution is -0.111. The molecular formula is C20H20N2O4S. The molecule has 3 aromatic rings. The van der Waals surface area contributed by atoms with Crippen molar-refractivity contribution < 1.29 is 17.6 Å². The first-order chi connectivity index (χ1) is 12.8. The maximum Gasteiger partial charge on any atom is 0.248 e. The lowest BCUT2D eigenvalue weighted by Crippen LogP contribution is -2.30. The Morgan fingerprint density at radius 2 is 1.78 bits per heavy atom. The fraction of sp³-hybridized carbons (Fsp3) is 0.150. The van der Waals surface area contributed by atoms with Crippen LogP contribution < -0.4 is 10.0 Å². The minimum absolute atomic E-state index is 0.145. The first-order valence-corrected chi connectivity index (χ1v) is 9.92. The number of hydrogen-bond donors (Lipinski definition) is 2. The average Bonchev–Trinajstić information content (AvgIpc) is 3.02. The van der Waals surface area contributed by atoms with Crippen molar-refractivity contribution in [3.05, 3.63) is 66.4 Å². The van der Waals surface area contributed by atoms with E-state index in [1.165, 1.54) is 18.2 Å². The Bertz CT molecular complexity index is 1050. The van der Waals surface area contributed by atoms with Crippen LogP contribution in [0.2, 0.25) is 0 Å². The molecule has 1 heterocycles. The molecule has 3 rings (SSSR count). The molecule has 0 aliphatic heterocycles. The van der Waals surface area contributed by atoms with Crippen LogP contribution in [0.5, 0.6) is 0 Å². The highest BCUT2D eigenvalue weighted by molar-refractivity contribution is 7.89. The molecule has 0 fully saturated rings. The number of para-hydroxylation sites is 1. The highest BCUT2D eigenvalue weighted by Crippen LogP contribution is 2.20. The van der Waals surface area contributed by atoms with Crippen molar-refractivity contribution in [2.75, 3.05) is 5.32 Å². The first-order valence-electron chi connectivity index (χ1n) is 8.43. The van der Waals surface area contributed by atoms with Crippen molar-refractivity contribution in [3.8, 4) is 0 Å². The zero-order valence-electron chi connectivity index (χ0n) is 15.0. The molecule has 0 aliphatic rings. The lowest BCUT2D eigenvalue weighted by Gasteiger charge is -2.10. The van der Waals surface area contributed by atoms with Crippen molar-refractivity contribution in [2.45, 2.75) is 24.8 Å². The fourth-order valence-corrected chi connectivity index (χ4v) is 3.77. The van der Waals surface area contributed by atoms with E-state index in [9.17, 15) is 13.2 Å². The van der Waals surface area contributed by atoms with Gasteiger partial charge < -0.3 is 9.73 Å². The number of benzene rings is 2. The molecule has 0 spiro atoms. The minimum Gasteiger partial charge on any atom is -0.457 e. The number of hydrogen-bond acceptors (Lipinski definition) is 4. The van der Waals surface area contributed by atoms with E-state index >= 15 is 0 Å². The fourth-order valence-electron chi connectivity index (χ4n) is 2.52. The summed E-state index contributed by atoms with van der Waals surface area (Å²) in [7, 11) is -3.55. The van der Waals surface area contributed by atoms with Gasteiger partial charge in [-0.15, -0.1) is 0 Å². The summed E-state index contributed by atoms with van der Waals surface area (Å²) in [5.41, 5.74) is 1.25. The third-order valence-electron chi connectivity index (χ3n) is 3.67. The van der Waals surface area contributed by atoms with Crippen LogP contribution in [0, 0.1) is 0 Å². The number of fused-ring (bicyclic) bond motifs is 1.